The van der Waals surface area contributed by atoms with Gasteiger partial charge < -0.3 is 14.8 Å². The first-order valence-electron chi connectivity index (χ1n) is 8.19. The molecule has 0 saturated carbocycles. The van der Waals surface area contributed by atoms with Gasteiger partial charge >= 0.3 is 11.9 Å². The lowest BCUT2D eigenvalue weighted by Crippen LogP contribution is -2.46. The fourth-order valence-corrected chi connectivity index (χ4v) is 2.45. The Balaban J connectivity index is 3.24. The van der Waals surface area contributed by atoms with Crippen LogP contribution in [-0.2, 0) is 29.4 Å². The summed E-state index contributed by atoms with van der Waals surface area (Å²) in [6.45, 7) is 4.59. The van der Waals surface area contributed by atoms with Crippen molar-refractivity contribution in [1.82, 2.24) is 5.32 Å². The fraction of sp³-hybridized carbons (Fsp3) is 0.471. The number of carbonyl (C=O) groups is 3. The van der Waals surface area contributed by atoms with Crippen molar-refractivity contribution in [2.24, 2.45) is 0 Å². The molecule has 9 nitrogen and oxygen atoms in total. The predicted octanol–water partition coefficient (Wildman–Crippen LogP) is 1.97. The third kappa shape index (κ3) is 6.32. The van der Waals surface area contributed by atoms with Crippen LogP contribution >= 0.6 is 0 Å². The molecule has 148 valence electrons. The summed E-state index contributed by atoms with van der Waals surface area (Å²) in [4.78, 5) is 45.9. The molecule has 0 bridgehead atoms. The molecule has 1 aromatic carbocycles. The second-order valence-corrected chi connectivity index (χ2v) is 5.77. The first kappa shape index (κ1) is 22.0. The van der Waals surface area contributed by atoms with Gasteiger partial charge in [0.15, 0.2) is 0 Å². The van der Waals surface area contributed by atoms with Crippen molar-refractivity contribution in [2.45, 2.75) is 39.2 Å². The topological polar surface area (TPSA) is 125 Å². The summed E-state index contributed by atoms with van der Waals surface area (Å²) in [5, 5.41) is 13.4. The molecule has 0 aliphatic carbocycles. The molecule has 1 amide bonds. The minimum atomic E-state index is -1.67. The fourth-order valence-electron chi connectivity index (χ4n) is 2.45. The zero-order valence-corrected chi connectivity index (χ0v) is 15.2. The SMILES string of the molecule is CCOC(=O)CC(=O)NC(C)(CC(=O)OCC)c1cc([N+](=O)[O-])ccc1F. The van der Waals surface area contributed by atoms with E-state index in [9.17, 15) is 28.9 Å². The monoisotopic (exact) mass is 384 g/mol. The van der Waals surface area contributed by atoms with Gasteiger partial charge in [-0.1, -0.05) is 0 Å². The summed E-state index contributed by atoms with van der Waals surface area (Å²) in [6, 6.07) is 2.76. The van der Waals surface area contributed by atoms with E-state index in [1.165, 1.54) is 6.92 Å². The summed E-state index contributed by atoms with van der Waals surface area (Å²) in [6.07, 6.45) is -1.14. The maximum absolute atomic E-state index is 14.4. The molecular weight excluding hydrogens is 363 g/mol. The lowest BCUT2D eigenvalue weighted by molar-refractivity contribution is -0.385. The molecule has 1 unspecified atom stereocenters. The van der Waals surface area contributed by atoms with Crippen molar-refractivity contribution < 1.29 is 33.2 Å². The van der Waals surface area contributed by atoms with Crippen LogP contribution in [0.25, 0.3) is 0 Å². The molecule has 0 aliphatic heterocycles. The van der Waals surface area contributed by atoms with E-state index in [0.29, 0.717) is 0 Å². The summed E-state index contributed by atoms with van der Waals surface area (Å²) < 4.78 is 23.9. The first-order chi connectivity index (χ1) is 12.6. The van der Waals surface area contributed by atoms with Crippen LogP contribution in [0.5, 0.6) is 0 Å². The van der Waals surface area contributed by atoms with E-state index in [4.69, 9.17) is 4.74 Å². The van der Waals surface area contributed by atoms with E-state index in [0.717, 1.165) is 18.2 Å². The van der Waals surface area contributed by atoms with Crippen LogP contribution < -0.4 is 5.32 Å². The second-order valence-electron chi connectivity index (χ2n) is 5.77. The summed E-state index contributed by atoms with van der Waals surface area (Å²) >= 11 is 0. The molecular formula is C17H21FN2O7. The van der Waals surface area contributed by atoms with Crippen molar-refractivity contribution in [3.05, 3.63) is 39.7 Å². The van der Waals surface area contributed by atoms with Crippen molar-refractivity contribution in [3.8, 4) is 0 Å². The molecule has 1 aromatic rings. The Hall–Kier alpha value is -3.04. The normalized spacial score (nSPS) is 12.6. The molecule has 0 fully saturated rings. The minimum absolute atomic E-state index is 0.0586. The average molecular weight is 384 g/mol. The van der Waals surface area contributed by atoms with Crippen LogP contribution in [0.15, 0.2) is 18.2 Å². The second kappa shape index (κ2) is 9.60. The lowest BCUT2D eigenvalue weighted by Gasteiger charge is -2.30. The van der Waals surface area contributed by atoms with Crippen molar-refractivity contribution in [1.29, 1.82) is 0 Å². The van der Waals surface area contributed by atoms with E-state index >= 15 is 0 Å². The number of nitro groups is 1. The standard InChI is InChI=1S/C17H21FN2O7/c1-4-26-15(22)9-14(21)19-17(3,10-16(23)27-5-2)12-8-11(20(24)25)6-7-13(12)18/h6-8H,4-5,9-10H2,1-3H3,(H,19,21). The number of nitrogens with zero attached hydrogens (tertiary/aromatic N) is 1. The van der Waals surface area contributed by atoms with Gasteiger partial charge in [-0.25, -0.2) is 4.39 Å². The Kier molecular flexibility index (Phi) is 7.82. The molecule has 0 radical (unpaired) electrons. The van der Waals surface area contributed by atoms with Gasteiger partial charge in [0.1, 0.15) is 12.2 Å². The summed E-state index contributed by atoms with van der Waals surface area (Å²) in [7, 11) is 0. The average Bonchev–Trinajstić information content (AvgIpc) is 2.54. The zero-order valence-electron chi connectivity index (χ0n) is 15.2. The Bertz CT molecular complexity index is 738. The number of hydrogen-bond donors (Lipinski definition) is 1. The Morgan fingerprint density at radius 3 is 2.33 bits per heavy atom. The van der Waals surface area contributed by atoms with Crippen molar-refractivity contribution in [3.63, 3.8) is 0 Å². The summed E-state index contributed by atoms with van der Waals surface area (Å²) in [5.74, 6) is -3.23. The molecule has 27 heavy (non-hydrogen) atoms. The number of nitro benzene ring substituents is 1. The molecule has 1 rings (SSSR count). The quantitative estimate of drug-likeness (QED) is 0.299. The number of rotatable bonds is 9. The smallest absolute Gasteiger partial charge is 0.315 e. The number of esters is 2. The maximum Gasteiger partial charge on any atom is 0.315 e. The number of amides is 1. The lowest BCUT2D eigenvalue weighted by atomic mass is 9.87. The van der Waals surface area contributed by atoms with E-state index in [2.05, 4.69) is 10.1 Å². The largest absolute Gasteiger partial charge is 0.466 e. The highest BCUT2D eigenvalue weighted by molar-refractivity contribution is 5.94. The molecule has 0 aromatic heterocycles. The third-order valence-electron chi connectivity index (χ3n) is 3.58. The van der Waals surface area contributed by atoms with Gasteiger partial charge in [0.05, 0.1) is 30.1 Å². The van der Waals surface area contributed by atoms with Crippen LogP contribution in [-0.4, -0.2) is 36.0 Å². The summed E-state index contributed by atoms with van der Waals surface area (Å²) in [5.41, 5.74) is -2.37. The Morgan fingerprint density at radius 1 is 1.19 bits per heavy atom. The first-order valence-corrected chi connectivity index (χ1v) is 8.19. The zero-order chi connectivity index (χ0) is 20.6. The highest BCUT2D eigenvalue weighted by atomic mass is 19.1. The van der Waals surface area contributed by atoms with E-state index < -0.39 is 52.7 Å². The van der Waals surface area contributed by atoms with Crippen molar-refractivity contribution in [2.75, 3.05) is 13.2 Å². The van der Waals surface area contributed by atoms with Gasteiger partial charge in [0.25, 0.3) is 5.69 Å². The van der Waals surface area contributed by atoms with Crippen LogP contribution in [0, 0.1) is 15.9 Å². The van der Waals surface area contributed by atoms with Gasteiger partial charge in [0, 0.05) is 17.7 Å². The van der Waals surface area contributed by atoms with Gasteiger partial charge in [-0.05, 0) is 26.8 Å². The predicted molar refractivity (Wildman–Crippen MR) is 91.0 cm³/mol. The van der Waals surface area contributed by atoms with Crippen LogP contribution in [0.4, 0.5) is 10.1 Å². The number of nitrogens with one attached hydrogen (secondary N) is 1. The number of halogens is 1. The number of carbonyl (C=O) groups excluding carboxylic acids is 3. The van der Waals surface area contributed by atoms with Gasteiger partial charge in [0.2, 0.25) is 5.91 Å². The third-order valence-corrected chi connectivity index (χ3v) is 3.58. The molecule has 0 saturated heterocycles. The highest BCUT2D eigenvalue weighted by Gasteiger charge is 2.36. The van der Waals surface area contributed by atoms with E-state index in [-0.39, 0.29) is 18.8 Å². The Morgan fingerprint density at radius 2 is 1.78 bits per heavy atom. The minimum Gasteiger partial charge on any atom is -0.466 e. The molecule has 0 aliphatic rings. The number of non-ortho nitro benzene ring substituents is 1. The molecule has 0 spiro atoms. The molecule has 1 atom stereocenters. The number of ether oxygens (including phenoxy) is 2. The molecule has 0 heterocycles. The van der Waals surface area contributed by atoms with Gasteiger partial charge in [-0.15, -0.1) is 0 Å². The van der Waals surface area contributed by atoms with Crippen molar-refractivity contribution >= 4 is 23.5 Å². The highest BCUT2D eigenvalue weighted by Crippen LogP contribution is 2.31. The van der Waals surface area contributed by atoms with E-state index in [1.54, 1.807) is 13.8 Å². The van der Waals surface area contributed by atoms with E-state index in [1.807, 2.05) is 0 Å². The van der Waals surface area contributed by atoms with Gasteiger partial charge in [-0.2, -0.15) is 0 Å². The number of benzene rings is 1. The maximum atomic E-state index is 14.4. The molecule has 10 heteroatoms. The molecule has 1 N–H and O–H groups in total. The van der Waals surface area contributed by atoms with Crippen LogP contribution in [0.1, 0.15) is 39.2 Å². The van der Waals surface area contributed by atoms with Crippen LogP contribution in [0.3, 0.4) is 0 Å². The Labute approximate surface area is 155 Å². The number of hydrogen-bond acceptors (Lipinski definition) is 7. The van der Waals surface area contributed by atoms with Gasteiger partial charge in [-0.3, -0.25) is 24.5 Å². The van der Waals surface area contributed by atoms with Crippen LogP contribution in [0.2, 0.25) is 0 Å².